The third-order valence-electron chi connectivity index (χ3n) is 3.19. The van der Waals surface area contributed by atoms with Crippen molar-refractivity contribution in [3.05, 3.63) is 11.8 Å². The molecule has 80 valence electrons. The van der Waals surface area contributed by atoms with E-state index < -0.39 is 0 Å². The molecular formula is C11H19NO2. The summed E-state index contributed by atoms with van der Waals surface area (Å²) in [7, 11) is 0. The molecule has 14 heavy (non-hydrogen) atoms. The van der Waals surface area contributed by atoms with Gasteiger partial charge in [0.25, 0.3) is 0 Å². The molecule has 1 saturated heterocycles. The lowest BCUT2D eigenvalue weighted by Gasteiger charge is -2.26. The lowest BCUT2D eigenvalue weighted by Crippen LogP contribution is -2.37. The van der Waals surface area contributed by atoms with Gasteiger partial charge in [-0.25, -0.2) is 0 Å². The largest absolute Gasteiger partial charge is 0.497 e. The van der Waals surface area contributed by atoms with Crippen LogP contribution in [0, 0.1) is 5.92 Å². The molecule has 3 nitrogen and oxygen atoms in total. The SMILES string of the molecule is CC1OCCC1C(N)C1=CCCCO1. The molecule has 2 aliphatic rings. The van der Waals surface area contributed by atoms with Crippen molar-refractivity contribution in [2.24, 2.45) is 11.7 Å². The molecule has 3 unspecified atom stereocenters. The van der Waals surface area contributed by atoms with Crippen molar-refractivity contribution in [3.8, 4) is 0 Å². The Morgan fingerprint density at radius 2 is 2.36 bits per heavy atom. The summed E-state index contributed by atoms with van der Waals surface area (Å²) in [4.78, 5) is 0. The Labute approximate surface area is 85.3 Å². The number of allylic oxidation sites excluding steroid dienone is 1. The van der Waals surface area contributed by atoms with E-state index in [9.17, 15) is 0 Å². The normalized spacial score (nSPS) is 34.9. The molecule has 0 aromatic heterocycles. The van der Waals surface area contributed by atoms with E-state index in [0.29, 0.717) is 5.92 Å². The summed E-state index contributed by atoms with van der Waals surface area (Å²) >= 11 is 0. The predicted octanol–water partition coefficient (Wildman–Crippen LogP) is 1.43. The highest BCUT2D eigenvalue weighted by Gasteiger charge is 2.32. The third kappa shape index (κ3) is 1.93. The Morgan fingerprint density at radius 1 is 1.50 bits per heavy atom. The molecule has 0 amide bonds. The topological polar surface area (TPSA) is 44.5 Å². The first-order valence-corrected chi connectivity index (χ1v) is 5.49. The van der Waals surface area contributed by atoms with E-state index in [1.807, 2.05) is 0 Å². The minimum atomic E-state index is 0.0350. The molecule has 0 aliphatic carbocycles. The first kappa shape index (κ1) is 9.99. The fourth-order valence-corrected chi connectivity index (χ4v) is 2.24. The molecule has 3 heteroatoms. The second-order valence-electron chi connectivity index (χ2n) is 4.15. The minimum Gasteiger partial charge on any atom is -0.497 e. The Hall–Kier alpha value is -0.540. The van der Waals surface area contributed by atoms with Crippen molar-refractivity contribution >= 4 is 0 Å². The van der Waals surface area contributed by atoms with E-state index in [1.54, 1.807) is 0 Å². The highest BCUT2D eigenvalue weighted by atomic mass is 16.5. The maximum absolute atomic E-state index is 6.17. The number of ether oxygens (including phenoxy) is 2. The highest BCUT2D eigenvalue weighted by Crippen LogP contribution is 2.28. The lowest BCUT2D eigenvalue weighted by atomic mass is 9.92. The second kappa shape index (κ2) is 4.32. The standard InChI is InChI=1S/C11H19NO2/c1-8-9(5-7-13-8)11(12)10-4-2-3-6-14-10/h4,8-9,11H,2-3,5-7,12H2,1H3. The summed E-state index contributed by atoms with van der Waals surface area (Å²) in [5, 5.41) is 0. The van der Waals surface area contributed by atoms with Gasteiger partial charge in [0.15, 0.2) is 0 Å². The van der Waals surface area contributed by atoms with Crippen molar-refractivity contribution < 1.29 is 9.47 Å². The molecule has 1 fully saturated rings. The van der Waals surface area contributed by atoms with Crippen LogP contribution >= 0.6 is 0 Å². The smallest absolute Gasteiger partial charge is 0.109 e. The number of hydrogen-bond acceptors (Lipinski definition) is 3. The molecule has 3 atom stereocenters. The Morgan fingerprint density at radius 3 is 2.93 bits per heavy atom. The Bertz CT molecular complexity index is 227. The first-order valence-electron chi connectivity index (χ1n) is 5.49. The van der Waals surface area contributed by atoms with Crippen LogP contribution in [0.3, 0.4) is 0 Å². The molecule has 2 heterocycles. The number of rotatable bonds is 2. The molecule has 0 radical (unpaired) electrons. The monoisotopic (exact) mass is 197 g/mol. The van der Waals surface area contributed by atoms with E-state index in [0.717, 1.165) is 38.2 Å². The number of nitrogens with two attached hydrogens (primary N) is 1. The quantitative estimate of drug-likeness (QED) is 0.728. The van der Waals surface area contributed by atoms with Crippen molar-refractivity contribution in [1.82, 2.24) is 0 Å². The highest BCUT2D eigenvalue weighted by molar-refractivity contribution is 5.08. The van der Waals surface area contributed by atoms with E-state index in [2.05, 4.69) is 13.0 Å². The van der Waals surface area contributed by atoms with Gasteiger partial charge in [-0.15, -0.1) is 0 Å². The van der Waals surface area contributed by atoms with Crippen LogP contribution in [0.1, 0.15) is 26.2 Å². The Kier molecular flexibility index (Phi) is 3.08. The average Bonchev–Trinajstić information content (AvgIpc) is 2.65. The van der Waals surface area contributed by atoms with Gasteiger partial charge in [0, 0.05) is 12.5 Å². The van der Waals surface area contributed by atoms with Crippen LogP contribution in [-0.4, -0.2) is 25.4 Å². The van der Waals surface area contributed by atoms with E-state index in [-0.39, 0.29) is 12.1 Å². The summed E-state index contributed by atoms with van der Waals surface area (Å²) in [5.74, 6) is 1.41. The number of hydrogen-bond donors (Lipinski definition) is 1. The second-order valence-corrected chi connectivity index (χ2v) is 4.15. The molecule has 2 aliphatic heterocycles. The summed E-state index contributed by atoms with van der Waals surface area (Å²) < 4.78 is 11.1. The zero-order valence-electron chi connectivity index (χ0n) is 8.74. The lowest BCUT2D eigenvalue weighted by molar-refractivity contribution is 0.0903. The van der Waals surface area contributed by atoms with Gasteiger partial charge in [-0.2, -0.15) is 0 Å². The van der Waals surface area contributed by atoms with Gasteiger partial charge in [-0.3, -0.25) is 0 Å². The molecule has 2 rings (SSSR count). The van der Waals surface area contributed by atoms with Gasteiger partial charge >= 0.3 is 0 Å². The van der Waals surface area contributed by atoms with Crippen LogP contribution in [0.15, 0.2) is 11.8 Å². The van der Waals surface area contributed by atoms with Crippen LogP contribution in [0.4, 0.5) is 0 Å². The molecule has 2 N–H and O–H groups in total. The van der Waals surface area contributed by atoms with Gasteiger partial charge in [0.1, 0.15) is 5.76 Å². The van der Waals surface area contributed by atoms with Crippen molar-refractivity contribution in [1.29, 1.82) is 0 Å². The van der Waals surface area contributed by atoms with Gasteiger partial charge < -0.3 is 15.2 Å². The maximum Gasteiger partial charge on any atom is 0.109 e. The Balaban J connectivity index is 1.99. The summed E-state index contributed by atoms with van der Waals surface area (Å²) in [6.07, 6.45) is 5.69. The third-order valence-corrected chi connectivity index (χ3v) is 3.19. The van der Waals surface area contributed by atoms with Gasteiger partial charge in [0.05, 0.1) is 18.8 Å². The van der Waals surface area contributed by atoms with Crippen molar-refractivity contribution in [3.63, 3.8) is 0 Å². The fourth-order valence-electron chi connectivity index (χ4n) is 2.24. The minimum absolute atomic E-state index is 0.0350. The fraction of sp³-hybridized carbons (Fsp3) is 0.818. The van der Waals surface area contributed by atoms with Gasteiger partial charge in [-0.05, 0) is 32.3 Å². The summed E-state index contributed by atoms with van der Waals surface area (Å²) in [5.41, 5.74) is 6.17. The van der Waals surface area contributed by atoms with Crippen molar-refractivity contribution in [2.75, 3.05) is 13.2 Å². The summed E-state index contributed by atoms with van der Waals surface area (Å²) in [6.45, 7) is 3.76. The van der Waals surface area contributed by atoms with E-state index >= 15 is 0 Å². The molecule has 0 bridgehead atoms. The maximum atomic E-state index is 6.17. The molecule has 0 saturated carbocycles. The van der Waals surface area contributed by atoms with Crippen molar-refractivity contribution in [2.45, 2.75) is 38.3 Å². The molecule has 0 spiro atoms. The molecule has 0 aromatic carbocycles. The van der Waals surface area contributed by atoms with Crippen LogP contribution in [0.5, 0.6) is 0 Å². The van der Waals surface area contributed by atoms with Gasteiger partial charge in [-0.1, -0.05) is 0 Å². The van der Waals surface area contributed by atoms with Crippen LogP contribution in [0.2, 0.25) is 0 Å². The first-order chi connectivity index (χ1) is 6.79. The molecule has 0 aromatic rings. The zero-order chi connectivity index (χ0) is 9.97. The molecular weight excluding hydrogens is 178 g/mol. The van der Waals surface area contributed by atoms with E-state index in [4.69, 9.17) is 15.2 Å². The van der Waals surface area contributed by atoms with E-state index in [1.165, 1.54) is 0 Å². The van der Waals surface area contributed by atoms with Crippen LogP contribution in [-0.2, 0) is 9.47 Å². The predicted molar refractivity (Wildman–Crippen MR) is 54.8 cm³/mol. The summed E-state index contributed by atoms with van der Waals surface area (Å²) in [6, 6.07) is 0.0350. The van der Waals surface area contributed by atoms with Gasteiger partial charge in [0.2, 0.25) is 0 Å². The van der Waals surface area contributed by atoms with Crippen LogP contribution < -0.4 is 5.73 Å². The zero-order valence-corrected chi connectivity index (χ0v) is 8.74. The average molecular weight is 197 g/mol. The van der Waals surface area contributed by atoms with Crippen LogP contribution in [0.25, 0.3) is 0 Å².